The molecule has 1 aromatic carbocycles. The summed E-state index contributed by atoms with van der Waals surface area (Å²) in [6.07, 6.45) is 3.69. The fourth-order valence-electron chi connectivity index (χ4n) is 3.48. The van der Waals surface area contributed by atoms with Crippen molar-refractivity contribution in [1.82, 2.24) is 9.88 Å². The van der Waals surface area contributed by atoms with Crippen LogP contribution < -0.4 is 20.1 Å². The normalized spacial score (nSPS) is 15.9. The molecule has 154 valence electrons. The van der Waals surface area contributed by atoms with E-state index in [1.807, 2.05) is 0 Å². The highest BCUT2D eigenvalue weighted by molar-refractivity contribution is 7.15. The summed E-state index contributed by atoms with van der Waals surface area (Å²) < 4.78 is 10.7. The molecule has 1 aromatic heterocycles. The van der Waals surface area contributed by atoms with Crippen molar-refractivity contribution in [1.29, 1.82) is 0 Å². The number of hydrogen-bond acceptors (Lipinski definition) is 6. The van der Waals surface area contributed by atoms with Crippen LogP contribution in [0.4, 0.5) is 15.6 Å². The number of carbonyl (C=O) groups is 2. The van der Waals surface area contributed by atoms with Crippen LogP contribution in [-0.2, 0) is 17.8 Å². The van der Waals surface area contributed by atoms with Gasteiger partial charge in [-0.15, -0.1) is 0 Å². The molecule has 0 saturated heterocycles. The molecule has 2 N–H and O–H groups in total. The number of thiazole rings is 1. The first-order valence-electron chi connectivity index (χ1n) is 9.65. The number of aromatic nitrogens is 1. The summed E-state index contributed by atoms with van der Waals surface area (Å²) >= 11 is 1.45. The van der Waals surface area contributed by atoms with Gasteiger partial charge in [0.25, 0.3) is 0 Å². The zero-order valence-corrected chi connectivity index (χ0v) is 17.3. The molecule has 1 fully saturated rings. The Kier molecular flexibility index (Phi) is 5.57. The van der Waals surface area contributed by atoms with E-state index in [9.17, 15) is 9.59 Å². The van der Waals surface area contributed by atoms with E-state index in [2.05, 4.69) is 15.6 Å². The van der Waals surface area contributed by atoms with E-state index in [-0.39, 0.29) is 17.9 Å². The predicted octanol–water partition coefficient (Wildman–Crippen LogP) is 3.49. The molecule has 0 bridgehead atoms. The molecular weight excluding hydrogens is 392 g/mol. The topological polar surface area (TPSA) is 92.8 Å². The van der Waals surface area contributed by atoms with E-state index in [1.54, 1.807) is 30.2 Å². The summed E-state index contributed by atoms with van der Waals surface area (Å²) in [6, 6.07) is 5.13. The van der Waals surface area contributed by atoms with E-state index >= 15 is 0 Å². The minimum absolute atomic E-state index is 0.0575. The van der Waals surface area contributed by atoms with Crippen molar-refractivity contribution in [3.8, 4) is 11.5 Å². The highest BCUT2D eigenvalue weighted by Crippen LogP contribution is 2.35. The lowest BCUT2D eigenvalue weighted by atomic mass is 9.85. The molecule has 2 heterocycles. The van der Waals surface area contributed by atoms with Gasteiger partial charge in [-0.05, 0) is 25.0 Å². The largest absolute Gasteiger partial charge is 0.493 e. The molecule has 8 nitrogen and oxygen atoms in total. The number of nitrogens with one attached hydrogen (secondary N) is 2. The van der Waals surface area contributed by atoms with Crippen LogP contribution in [0.5, 0.6) is 11.5 Å². The summed E-state index contributed by atoms with van der Waals surface area (Å²) in [4.78, 5) is 32.2. The van der Waals surface area contributed by atoms with Gasteiger partial charge in [-0.1, -0.05) is 23.8 Å². The van der Waals surface area contributed by atoms with Crippen LogP contribution in [0.25, 0.3) is 0 Å². The van der Waals surface area contributed by atoms with Gasteiger partial charge in [-0.25, -0.2) is 9.78 Å². The lowest BCUT2D eigenvalue weighted by Gasteiger charge is -2.26. The highest BCUT2D eigenvalue weighted by atomic mass is 32.1. The second-order valence-corrected chi connectivity index (χ2v) is 8.23. The van der Waals surface area contributed by atoms with Crippen molar-refractivity contribution >= 4 is 34.1 Å². The Balaban J connectivity index is 1.42. The molecule has 0 spiro atoms. The Morgan fingerprint density at radius 3 is 2.72 bits per heavy atom. The Hall–Kier alpha value is -2.81. The Morgan fingerprint density at radius 1 is 1.21 bits per heavy atom. The number of amides is 3. The number of rotatable bonds is 5. The number of benzene rings is 1. The summed E-state index contributed by atoms with van der Waals surface area (Å²) in [5.74, 6) is 1.22. The Labute approximate surface area is 173 Å². The van der Waals surface area contributed by atoms with Crippen LogP contribution in [0.3, 0.4) is 0 Å². The zero-order chi connectivity index (χ0) is 20.4. The van der Waals surface area contributed by atoms with Crippen LogP contribution in [0, 0.1) is 5.92 Å². The van der Waals surface area contributed by atoms with Gasteiger partial charge in [0.15, 0.2) is 16.6 Å². The number of para-hydroxylation sites is 1. The van der Waals surface area contributed by atoms with Gasteiger partial charge in [-0.3, -0.25) is 4.79 Å². The van der Waals surface area contributed by atoms with Crippen molar-refractivity contribution in [2.45, 2.75) is 32.2 Å². The molecule has 3 amide bonds. The first kappa shape index (κ1) is 19.5. The first-order valence-corrected chi connectivity index (χ1v) is 10.5. The van der Waals surface area contributed by atoms with Crippen LogP contribution in [0.1, 0.15) is 29.8 Å². The Bertz CT molecular complexity index is 925. The fourth-order valence-corrected chi connectivity index (χ4v) is 4.51. The number of nitrogens with zero attached hydrogens (tertiary/aromatic N) is 2. The molecule has 0 unspecified atom stereocenters. The summed E-state index contributed by atoms with van der Waals surface area (Å²) in [7, 11) is 3.10. The van der Waals surface area contributed by atoms with Crippen molar-refractivity contribution < 1.29 is 19.1 Å². The number of hydrogen-bond donors (Lipinski definition) is 2. The third-order valence-electron chi connectivity index (χ3n) is 5.37. The third kappa shape index (κ3) is 4.00. The number of carbonyl (C=O) groups excluding carboxylic acids is 2. The lowest BCUT2D eigenvalue weighted by molar-refractivity contribution is -0.122. The van der Waals surface area contributed by atoms with E-state index in [4.69, 9.17) is 9.47 Å². The predicted molar refractivity (Wildman–Crippen MR) is 111 cm³/mol. The summed E-state index contributed by atoms with van der Waals surface area (Å²) in [6.45, 7) is 1.02. The zero-order valence-electron chi connectivity index (χ0n) is 16.5. The van der Waals surface area contributed by atoms with E-state index < -0.39 is 0 Å². The Morgan fingerprint density at radius 2 is 2.03 bits per heavy atom. The minimum atomic E-state index is -0.212. The van der Waals surface area contributed by atoms with Crippen LogP contribution >= 0.6 is 11.3 Å². The molecule has 2 aromatic rings. The molecule has 2 aliphatic rings. The fraction of sp³-hybridized carbons (Fsp3) is 0.450. The van der Waals surface area contributed by atoms with Crippen LogP contribution in [0.15, 0.2) is 18.2 Å². The van der Waals surface area contributed by atoms with Gasteiger partial charge in [0, 0.05) is 23.8 Å². The van der Waals surface area contributed by atoms with E-state index in [1.165, 1.54) is 18.4 Å². The maximum Gasteiger partial charge on any atom is 0.322 e. The van der Waals surface area contributed by atoms with Crippen molar-refractivity contribution in [3.05, 3.63) is 28.8 Å². The smallest absolute Gasteiger partial charge is 0.322 e. The lowest BCUT2D eigenvalue weighted by Crippen LogP contribution is -2.38. The third-order valence-corrected chi connectivity index (χ3v) is 6.37. The molecule has 1 aliphatic carbocycles. The molecule has 1 saturated carbocycles. The van der Waals surface area contributed by atoms with Gasteiger partial charge in [0.05, 0.1) is 32.1 Å². The van der Waals surface area contributed by atoms with Gasteiger partial charge in [-0.2, -0.15) is 0 Å². The SMILES string of the molecule is COc1cccc(NC(=O)N2CCc3nc(NC(=O)C4CCC4)sc3C2)c1OC. The van der Waals surface area contributed by atoms with E-state index in [0.717, 1.165) is 29.8 Å². The van der Waals surface area contributed by atoms with Crippen LogP contribution in [0.2, 0.25) is 0 Å². The van der Waals surface area contributed by atoms with Gasteiger partial charge in [0.1, 0.15) is 0 Å². The molecule has 0 radical (unpaired) electrons. The monoisotopic (exact) mass is 416 g/mol. The standard InChI is InChI=1S/C20H24N4O4S/c1-27-15-8-4-7-14(17(15)28-2)22-20(26)24-10-9-13-16(11-24)29-19(21-13)23-18(25)12-5-3-6-12/h4,7-8,12H,3,5-6,9-11H2,1-2H3,(H,22,26)(H,21,23,25). The van der Waals surface area contributed by atoms with E-state index in [0.29, 0.717) is 41.8 Å². The summed E-state index contributed by atoms with van der Waals surface area (Å²) in [5, 5.41) is 6.46. The van der Waals surface area contributed by atoms with Crippen molar-refractivity contribution in [3.63, 3.8) is 0 Å². The maximum absolute atomic E-state index is 12.8. The second-order valence-electron chi connectivity index (χ2n) is 7.15. The average Bonchev–Trinajstić information content (AvgIpc) is 3.07. The molecule has 9 heteroatoms. The number of anilines is 2. The number of fused-ring (bicyclic) bond motifs is 1. The maximum atomic E-state index is 12.8. The molecule has 4 rings (SSSR count). The molecular formula is C20H24N4O4S. The van der Waals surface area contributed by atoms with Crippen molar-refractivity contribution in [2.75, 3.05) is 31.4 Å². The second kappa shape index (κ2) is 8.28. The number of methoxy groups -OCH3 is 2. The first-order chi connectivity index (χ1) is 14.1. The minimum Gasteiger partial charge on any atom is -0.493 e. The molecule has 0 atom stereocenters. The van der Waals surface area contributed by atoms with Gasteiger partial charge in [0.2, 0.25) is 5.91 Å². The summed E-state index contributed by atoms with van der Waals surface area (Å²) in [5.41, 5.74) is 1.52. The number of ether oxygens (including phenoxy) is 2. The van der Waals surface area contributed by atoms with Gasteiger partial charge >= 0.3 is 6.03 Å². The average molecular weight is 417 g/mol. The molecule has 29 heavy (non-hydrogen) atoms. The van der Waals surface area contributed by atoms with Gasteiger partial charge < -0.3 is 25.0 Å². The molecule has 1 aliphatic heterocycles. The quantitative estimate of drug-likeness (QED) is 0.778. The highest BCUT2D eigenvalue weighted by Gasteiger charge is 2.28. The van der Waals surface area contributed by atoms with Crippen molar-refractivity contribution in [2.24, 2.45) is 5.92 Å². The number of urea groups is 1. The van der Waals surface area contributed by atoms with Crippen LogP contribution in [-0.4, -0.2) is 42.6 Å².